The number of amides is 1. The van der Waals surface area contributed by atoms with E-state index in [1.54, 1.807) is 11.8 Å². The van der Waals surface area contributed by atoms with E-state index < -0.39 is 0 Å². The van der Waals surface area contributed by atoms with Crippen molar-refractivity contribution in [2.45, 2.75) is 25.1 Å². The molecule has 0 bridgehead atoms. The first-order valence-electron chi connectivity index (χ1n) is 8.86. The molecule has 5 heteroatoms. The fraction of sp³-hybridized carbons (Fsp3) is 0.238. The lowest BCUT2D eigenvalue weighted by atomic mass is 10.1. The molecule has 1 aliphatic rings. The van der Waals surface area contributed by atoms with E-state index in [0.717, 1.165) is 35.7 Å². The number of nitrogens with one attached hydrogen (secondary N) is 1. The number of fused-ring (bicyclic) bond motifs is 1. The van der Waals surface area contributed by atoms with Gasteiger partial charge >= 0.3 is 0 Å². The fourth-order valence-corrected chi connectivity index (χ4v) is 4.03. The van der Waals surface area contributed by atoms with Crippen molar-refractivity contribution in [3.8, 4) is 11.3 Å². The summed E-state index contributed by atoms with van der Waals surface area (Å²) in [6.07, 6.45) is 4.18. The van der Waals surface area contributed by atoms with Gasteiger partial charge in [0.25, 0.3) is 0 Å². The zero-order chi connectivity index (χ0) is 17.8. The molecule has 26 heavy (non-hydrogen) atoms. The van der Waals surface area contributed by atoms with E-state index in [2.05, 4.69) is 39.1 Å². The van der Waals surface area contributed by atoms with Crippen LogP contribution in [0, 0.1) is 0 Å². The van der Waals surface area contributed by atoms with Crippen LogP contribution < -0.4 is 5.32 Å². The van der Waals surface area contributed by atoms with Crippen LogP contribution in [0.4, 0.5) is 5.69 Å². The zero-order valence-electron chi connectivity index (χ0n) is 14.5. The number of aromatic nitrogens is 2. The van der Waals surface area contributed by atoms with Gasteiger partial charge in [-0.15, -0.1) is 11.8 Å². The molecular weight excluding hydrogens is 342 g/mol. The van der Waals surface area contributed by atoms with E-state index in [4.69, 9.17) is 0 Å². The number of hydrogen-bond donors (Lipinski definition) is 1. The van der Waals surface area contributed by atoms with Gasteiger partial charge in [0.1, 0.15) is 5.82 Å². The van der Waals surface area contributed by atoms with Gasteiger partial charge in [-0.25, -0.2) is 4.98 Å². The number of nitrogens with zero attached hydrogens (tertiary/aromatic N) is 2. The predicted molar refractivity (Wildman–Crippen MR) is 107 cm³/mol. The van der Waals surface area contributed by atoms with E-state index in [-0.39, 0.29) is 5.91 Å². The lowest BCUT2D eigenvalue weighted by Gasteiger charge is -2.08. The molecule has 0 aliphatic carbocycles. The number of anilines is 1. The second-order valence-electron chi connectivity index (χ2n) is 6.42. The molecule has 0 fully saturated rings. The van der Waals surface area contributed by atoms with Crippen molar-refractivity contribution < 1.29 is 4.79 Å². The number of rotatable bonds is 6. The van der Waals surface area contributed by atoms with Crippen LogP contribution in [0.15, 0.2) is 60.8 Å². The maximum Gasteiger partial charge on any atom is 0.234 e. The first-order chi connectivity index (χ1) is 12.8. The molecular formula is C21H21N3OS. The Bertz CT molecular complexity index is 887. The summed E-state index contributed by atoms with van der Waals surface area (Å²) in [5.41, 5.74) is 4.37. The van der Waals surface area contributed by atoms with Gasteiger partial charge < -0.3 is 9.88 Å². The van der Waals surface area contributed by atoms with Crippen molar-refractivity contribution in [3.05, 3.63) is 72.2 Å². The molecule has 132 valence electrons. The lowest BCUT2D eigenvalue weighted by Crippen LogP contribution is -2.14. The Morgan fingerprint density at radius 1 is 1.12 bits per heavy atom. The van der Waals surface area contributed by atoms with Gasteiger partial charge in [-0.05, 0) is 29.7 Å². The summed E-state index contributed by atoms with van der Waals surface area (Å²) < 4.78 is 2.29. The summed E-state index contributed by atoms with van der Waals surface area (Å²) in [6, 6.07) is 18.2. The van der Waals surface area contributed by atoms with Crippen LogP contribution in [0.25, 0.3) is 11.3 Å². The molecule has 0 spiro atoms. The number of thioether (sulfide) groups is 1. The van der Waals surface area contributed by atoms with Crippen LogP contribution in [-0.2, 0) is 23.5 Å². The quantitative estimate of drug-likeness (QED) is 0.707. The van der Waals surface area contributed by atoms with Crippen molar-refractivity contribution in [1.29, 1.82) is 0 Å². The average Bonchev–Trinajstić information content (AvgIpc) is 3.27. The van der Waals surface area contributed by atoms with Gasteiger partial charge in [0.2, 0.25) is 5.91 Å². The summed E-state index contributed by atoms with van der Waals surface area (Å²) >= 11 is 1.62. The largest absolute Gasteiger partial charge is 0.328 e. The smallest absolute Gasteiger partial charge is 0.234 e. The Balaban J connectivity index is 1.31. The molecule has 1 amide bonds. The monoisotopic (exact) mass is 363 g/mol. The molecule has 1 aliphatic heterocycles. The minimum atomic E-state index is 0.0314. The summed E-state index contributed by atoms with van der Waals surface area (Å²) in [5.74, 6) is 2.50. The molecule has 1 N–H and O–H groups in total. The summed E-state index contributed by atoms with van der Waals surface area (Å²) in [5, 5.41) is 2.97. The molecule has 4 nitrogen and oxygen atoms in total. The summed E-state index contributed by atoms with van der Waals surface area (Å²) in [4.78, 5) is 16.6. The van der Waals surface area contributed by atoms with Crippen LogP contribution in [0.1, 0.15) is 17.8 Å². The lowest BCUT2D eigenvalue weighted by molar-refractivity contribution is -0.113. The number of benzene rings is 2. The number of hydrogen-bond acceptors (Lipinski definition) is 3. The number of carbonyl (C=O) groups excluding carboxylic acids is 1. The standard InChI is InChI=1S/C21H21N3OS/c25-21(15-26-14-16-5-2-1-3-6-16)23-18-10-8-17(9-11-18)19-13-22-20-7-4-12-24(19)20/h1-3,5-6,8-11,13H,4,7,12,14-15H2,(H,23,25). The number of carbonyl (C=O) groups is 1. The van der Waals surface area contributed by atoms with Crippen molar-refractivity contribution in [3.63, 3.8) is 0 Å². The second-order valence-corrected chi connectivity index (χ2v) is 7.40. The second kappa shape index (κ2) is 7.79. The van der Waals surface area contributed by atoms with Gasteiger partial charge in [0, 0.05) is 24.4 Å². The Hall–Kier alpha value is -2.53. The van der Waals surface area contributed by atoms with Gasteiger partial charge in [-0.2, -0.15) is 0 Å². The third kappa shape index (κ3) is 3.83. The highest BCUT2D eigenvalue weighted by atomic mass is 32.2. The van der Waals surface area contributed by atoms with E-state index in [9.17, 15) is 4.79 Å². The fourth-order valence-electron chi connectivity index (χ4n) is 3.25. The molecule has 0 saturated heterocycles. The molecule has 2 heterocycles. The van der Waals surface area contributed by atoms with E-state index in [1.807, 2.05) is 36.5 Å². The van der Waals surface area contributed by atoms with Crippen molar-refractivity contribution >= 4 is 23.4 Å². The maximum absolute atomic E-state index is 12.1. The summed E-state index contributed by atoms with van der Waals surface area (Å²) in [6.45, 7) is 1.04. The third-order valence-electron chi connectivity index (χ3n) is 4.53. The Morgan fingerprint density at radius 3 is 2.73 bits per heavy atom. The highest BCUT2D eigenvalue weighted by molar-refractivity contribution is 7.99. The first-order valence-corrected chi connectivity index (χ1v) is 10.0. The van der Waals surface area contributed by atoms with Crippen molar-refractivity contribution in [2.24, 2.45) is 0 Å². The average molecular weight is 363 g/mol. The molecule has 4 rings (SSSR count). The predicted octanol–water partition coefficient (Wildman–Crippen LogP) is 4.37. The van der Waals surface area contributed by atoms with Gasteiger partial charge in [-0.3, -0.25) is 4.79 Å². The Kier molecular flexibility index (Phi) is 5.07. The Morgan fingerprint density at radius 2 is 1.92 bits per heavy atom. The number of aryl methyl sites for hydroxylation is 1. The Labute approximate surface area is 157 Å². The van der Waals surface area contributed by atoms with Crippen molar-refractivity contribution in [1.82, 2.24) is 9.55 Å². The highest BCUT2D eigenvalue weighted by Crippen LogP contribution is 2.26. The topological polar surface area (TPSA) is 46.9 Å². The number of imidazole rings is 1. The molecule has 0 radical (unpaired) electrons. The van der Waals surface area contributed by atoms with Gasteiger partial charge in [-0.1, -0.05) is 42.5 Å². The van der Waals surface area contributed by atoms with E-state index >= 15 is 0 Å². The molecule has 0 saturated carbocycles. The minimum Gasteiger partial charge on any atom is -0.328 e. The minimum absolute atomic E-state index is 0.0314. The molecule has 2 aromatic carbocycles. The van der Waals surface area contributed by atoms with E-state index in [1.165, 1.54) is 17.8 Å². The van der Waals surface area contributed by atoms with Crippen LogP contribution in [0.2, 0.25) is 0 Å². The van der Waals surface area contributed by atoms with Gasteiger partial charge in [0.05, 0.1) is 17.6 Å². The zero-order valence-corrected chi connectivity index (χ0v) is 15.3. The highest BCUT2D eigenvalue weighted by Gasteiger charge is 2.16. The summed E-state index contributed by atoms with van der Waals surface area (Å²) in [7, 11) is 0. The third-order valence-corrected chi connectivity index (χ3v) is 5.53. The SMILES string of the molecule is O=C(CSCc1ccccc1)Nc1ccc(-c2cnc3n2CCC3)cc1. The van der Waals surface area contributed by atoms with Crippen LogP contribution in [0.5, 0.6) is 0 Å². The molecule has 0 unspecified atom stereocenters. The van der Waals surface area contributed by atoms with Gasteiger partial charge in [0.15, 0.2) is 0 Å². The van der Waals surface area contributed by atoms with Crippen molar-refractivity contribution in [2.75, 3.05) is 11.1 Å². The van der Waals surface area contributed by atoms with E-state index in [0.29, 0.717) is 5.75 Å². The molecule has 1 aromatic heterocycles. The molecule has 3 aromatic rings. The molecule has 0 atom stereocenters. The van der Waals surface area contributed by atoms with Crippen LogP contribution >= 0.6 is 11.8 Å². The van der Waals surface area contributed by atoms with Crippen LogP contribution in [-0.4, -0.2) is 21.2 Å². The maximum atomic E-state index is 12.1. The van der Waals surface area contributed by atoms with Crippen LogP contribution in [0.3, 0.4) is 0 Å². The first kappa shape index (κ1) is 16.9. The normalized spacial score (nSPS) is 12.8.